The van der Waals surface area contributed by atoms with Gasteiger partial charge in [0.05, 0.1) is 18.7 Å². The van der Waals surface area contributed by atoms with E-state index >= 15 is 0 Å². The van der Waals surface area contributed by atoms with Crippen LogP contribution in [0.3, 0.4) is 0 Å². The van der Waals surface area contributed by atoms with Crippen molar-refractivity contribution in [2.45, 2.75) is 6.42 Å². The highest BCUT2D eigenvalue weighted by molar-refractivity contribution is 5.80. The molecule has 0 aliphatic heterocycles. The Balaban J connectivity index is 1.93. The Morgan fingerprint density at radius 1 is 1.25 bits per heavy atom. The molecule has 0 radical (unpaired) electrons. The molecule has 0 fully saturated rings. The number of nitrogens with one attached hydrogen (secondary N) is 1. The fraction of sp³-hybridized carbons (Fsp3) is 0.0769. The maximum atomic E-state index is 8.63. The predicted molar refractivity (Wildman–Crippen MR) is 71.9 cm³/mol. The largest absolute Gasteiger partial charge is 0.438 e. The van der Waals surface area contributed by atoms with Gasteiger partial charge in [-0.05, 0) is 17.7 Å². The van der Waals surface area contributed by atoms with E-state index in [1.165, 1.54) is 0 Å². The lowest BCUT2D eigenvalue weighted by Gasteiger charge is -2.06. The van der Waals surface area contributed by atoms with Gasteiger partial charge in [-0.15, -0.1) is 0 Å². The molecule has 20 heavy (non-hydrogen) atoms. The fourth-order valence-corrected chi connectivity index (χ4v) is 1.78. The van der Waals surface area contributed by atoms with Crippen molar-refractivity contribution in [1.82, 2.24) is 20.2 Å². The smallest absolute Gasteiger partial charge is 0.235 e. The van der Waals surface area contributed by atoms with Gasteiger partial charge in [-0.3, -0.25) is 5.10 Å². The number of rotatable bonds is 3. The van der Waals surface area contributed by atoms with Gasteiger partial charge in [0.2, 0.25) is 11.8 Å². The Morgan fingerprint density at radius 3 is 2.80 bits per heavy atom. The van der Waals surface area contributed by atoms with Crippen LogP contribution in [0.15, 0.2) is 30.5 Å². The Hall–Kier alpha value is -3.14. The highest BCUT2D eigenvalue weighted by atomic mass is 16.5. The SMILES string of the molecule is N#CCc1ccc(Oc2nc(N)nc3[nH]ncc23)cc1. The summed E-state index contributed by atoms with van der Waals surface area (Å²) in [6, 6.07) is 9.30. The van der Waals surface area contributed by atoms with Crippen LogP contribution in [-0.4, -0.2) is 20.2 Å². The summed E-state index contributed by atoms with van der Waals surface area (Å²) in [7, 11) is 0. The summed E-state index contributed by atoms with van der Waals surface area (Å²) in [5, 5.41) is 15.9. The van der Waals surface area contributed by atoms with Crippen LogP contribution in [0.25, 0.3) is 11.0 Å². The van der Waals surface area contributed by atoms with Crippen LogP contribution in [0.5, 0.6) is 11.6 Å². The van der Waals surface area contributed by atoms with Gasteiger partial charge >= 0.3 is 0 Å². The van der Waals surface area contributed by atoms with E-state index in [4.69, 9.17) is 15.7 Å². The predicted octanol–water partition coefficient (Wildman–Crippen LogP) is 1.79. The van der Waals surface area contributed by atoms with Gasteiger partial charge in [-0.25, -0.2) is 0 Å². The zero-order valence-corrected chi connectivity index (χ0v) is 10.4. The van der Waals surface area contributed by atoms with Gasteiger partial charge in [-0.2, -0.15) is 20.3 Å². The van der Waals surface area contributed by atoms with Crippen molar-refractivity contribution < 1.29 is 4.74 Å². The monoisotopic (exact) mass is 266 g/mol. The van der Waals surface area contributed by atoms with E-state index in [1.54, 1.807) is 18.3 Å². The van der Waals surface area contributed by atoms with Crippen LogP contribution < -0.4 is 10.5 Å². The lowest BCUT2D eigenvalue weighted by molar-refractivity contribution is 0.469. The van der Waals surface area contributed by atoms with E-state index in [-0.39, 0.29) is 5.95 Å². The number of fused-ring (bicyclic) bond motifs is 1. The van der Waals surface area contributed by atoms with Gasteiger partial charge in [0, 0.05) is 0 Å². The van der Waals surface area contributed by atoms with Crippen LogP contribution in [0, 0.1) is 11.3 Å². The second-order valence-corrected chi connectivity index (χ2v) is 4.10. The third kappa shape index (κ3) is 2.22. The molecule has 7 heteroatoms. The molecule has 1 aromatic carbocycles. The third-order valence-electron chi connectivity index (χ3n) is 2.71. The number of nitriles is 1. The van der Waals surface area contributed by atoms with Crippen LogP contribution in [0.2, 0.25) is 0 Å². The zero-order valence-electron chi connectivity index (χ0n) is 10.4. The van der Waals surface area contributed by atoms with Gasteiger partial charge in [0.1, 0.15) is 11.1 Å². The molecule has 7 nitrogen and oxygen atoms in total. The number of benzene rings is 1. The number of nitrogen functional groups attached to an aromatic ring is 1. The molecule has 98 valence electrons. The minimum atomic E-state index is 0.109. The fourth-order valence-electron chi connectivity index (χ4n) is 1.78. The minimum absolute atomic E-state index is 0.109. The Bertz CT molecular complexity index is 787. The van der Waals surface area contributed by atoms with E-state index < -0.39 is 0 Å². The normalized spacial score (nSPS) is 10.3. The molecule has 3 aromatic rings. The van der Waals surface area contributed by atoms with E-state index in [0.717, 1.165) is 5.56 Å². The molecule has 0 unspecified atom stereocenters. The summed E-state index contributed by atoms with van der Waals surface area (Å²) in [4.78, 5) is 8.07. The quantitative estimate of drug-likeness (QED) is 0.747. The molecule has 0 amide bonds. The first kappa shape index (κ1) is 11.9. The van der Waals surface area contributed by atoms with Crippen molar-refractivity contribution in [2.75, 3.05) is 5.73 Å². The van der Waals surface area contributed by atoms with Crippen LogP contribution in [-0.2, 0) is 6.42 Å². The molecule has 2 aromatic heterocycles. The van der Waals surface area contributed by atoms with Crippen molar-refractivity contribution in [1.29, 1.82) is 5.26 Å². The first-order chi connectivity index (χ1) is 9.76. The van der Waals surface area contributed by atoms with Gasteiger partial charge in [0.25, 0.3) is 0 Å². The standard InChI is InChI=1S/C13H10N6O/c14-6-5-8-1-3-9(4-2-8)20-12-10-7-16-19-11(10)17-13(15)18-12/h1-4,7H,5H2,(H3,15,16,17,18,19). The molecule has 0 saturated heterocycles. The van der Waals surface area contributed by atoms with Crippen molar-refractivity contribution >= 4 is 17.0 Å². The topological polar surface area (TPSA) is 113 Å². The molecular weight excluding hydrogens is 256 g/mol. The third-order valence-corrected chi connectivity index (χ3v) is 2.71. The first-order valence-corrected chi connectivity index (χ1v) is 5.86. The maximum Gasteiger partial charge on any atom is 0.235 e. The molecular formula is C13H10N6O. The molecule has 0 spiro atoms. The van der Waals surface area contributed by atoms with E-state index in [0.29, 0.717) is 29.1 Å². The molecule has 3 rings (SSSR count). The van der Waals surface area contributed by atoms with Crippen molar-refractivity contribution in [3.8, 4) is 17.7 Å². The Labute approximate surface area is 114 Å². The number of H-pyrrole nitrogens is 1. The molecule has 0 saturated carbocycles. The number of hydrogen-bond donors (Lipinski definition) is 2. The van der Waals surface area contributed by atoms with E-state index in [2.05, 4.69) is 26.2 Å². The van der Waals surface area contributed by atoms with E-state index in [1.807, 2.05) is 12.1 Å². The number of aromatic amines is 1. The first-order valence-electron chi connectivity index (χ1n) is 5.86. The summed E-state index contributed by atoms with van der Waals surface area (Å²) < 4.78 is 5.69. The van der Waals surface area contributed by atoms with E-state index in [9.17, 15) is 0 Å². The van der Waals surface area contributed by atoms with Gasteiger partial charge in [-0.1, -0.05) is 12.1 Å². The lowest BCUT2D eigenvalue weighted by Crippen LogP contribution is -1.98. The molecule has 3 N–H and O–H groups in total. The number of anilines is 1. The maximum absolute atomic E-state index is 8.63. The van der Waals surface area contributed by atoms with Crippen LogP contribution in [0.4, 0.5) is 5.95 Å². The Morgan fingerprint density at radius 2 is 2.05 bits per heavy atom. The molecule has 0 aliphatic rings. The summed E-state index contributed by atoms with van der Waals surface area (Å²) in [6.07, 6.45) is 1.95. The highest BCUT2D eigenvalue weighted by Gasteiger charge is 2.10. The van der Waals surface area contributed by atoms with Crippen LogP contribution >= 0.6 is 0 Å². The highest BCUT2D eigenvalue weighted by Crippen LogP contribution is 2.26. The number of nitrogens with two attached hydrogens (primary N) is 1. The van der Waals surface area contributed by atoms with Crippen molar-refractivity contribution in [2.24, 2.45) is 0 Å². The van der Waals surface area contributed by atoms with Crippen LogP contribution in [0.1, 0.15) is 5.56 Å². The molecule has 0 atom stereocenters. The van der Waals surface area contributed by atoms with Crippen molar-refractivity contribution in [3.05, 3.63) is 36.0 Å². The molecule has 2 heterocycles. The summed E-state index contributed by atoms with van der Waals surface area (Å²) in [5.41, 5.74) is 7.06. The number of aromatic nitrogens is 4. The number of nitrogens with zero attached hydrogens (tertiary/aromatic N) is 4. The average Bonchev–Trinajstić information content (AvgIpc) is 2.89. The second kappa shape index (κ2) is 4.85. The van der Waals surface area contributed by atoms with Crippen molar-refractivity contribution in [3.63, 3.8) is 0 Å². The van der Waals surface area contributed by atoms with Gasteiger partial charge < -0.3 is 10.5 Å². The Kier molecular flexibility index (Phi) is 2.89. The summed E-state index contributed by atoms with van der Waals surface area (Å²) >= 11 is 0. The number of hydrogen-bond acceptors (Lipinski definition) is 6. The zero-order chi connectivity index (χ0) is 13.9. The number of ether oxygens (including phenoxy) is 1. The summed E-state index contributed by atoms with van der Waals surface area (Å²) in [6.45, 7) is 0. The lowest BCUT2D eigenvalue weighted by atomic mass is 10.2. The molecule has 0 bridgehead atoms. The molecule has 0 aliphatic carbocycles. The average molecular weight is 266 g/mol. The second-order valence-electron chi connectivity index (χ2n) is 4.10. The minimum Gasteiger partial charge on any atom is -0.438 e. The summed E-state index contributed by atoms with van der Waals surface area (Å²) in [5.74, 6) is 1.06. The van der Waals surface area contributed by atoms with Gasteiger partial charge in [0.15, 0.2) is 5.65 Å².